The van der Waals surface area contributed by atoms with Crippen molar-refractivity contribution in [2.24, 2.45) is 0 Å². The molecule has 6 nitrogen and oxygen atoms in total. The second kappa shape index (κ2) is 7.31. The predicted octanol–water partition coefficient (Wildman–Crippen LogP) is 4.13. The molecule has 0 unspecified atom stereocenters. The number of anilines is 1. The van der Waals surface area contributed by atoms with Crippen LogP contribution in [0.1, 0.15) is 21.7 Å². The molecule has 0 radical (unpaired) electrons. The summed E-state index contributed by atoms with van der Waals surface area (Å²) < 4.78 is 18.6. The number of para-hydroxylation sites is 2. The first kappa shape index (κ1) is 18.0. The highest BCUT2D eigenvalue weighted by atomic mass is 16.6. The van der Waals surface area contributed by atoms with Gasteiger partial charge in [-0.25, -0.2) is 0 Å². The number of amides is 1. The van der Waals surface area contributed by atoms with Gasteiger partial charge in [0.15, 0.2) is 11.5 Å². The van der Waals surface area contributed by atoms with Crippen LogP contribution < -0.4 is 19.5 Å². The largest absolute Gasteiger partial charge is 0.495 e. The maximum absolute atomic E-state index is 12.9. The van der Waals surface area contributed by atoms with Crippen molar-refractivity contribution in [1.29, 1.82) is 0 Å². The van der Waals surface area contributed by atoms with Gasteiger partial charge in [-0.05, 0) is 44.2 Å². The Morgan fingerprint density at radius 1 is 1.04 bits per heavy atom. The first-order chi connectivity index (χ1) is 13.6. The van der Waals surface area contributed by atoms with Gasteiger partial charge in [0, 0.05) is 23.1 Å². The van der Waals surface area contributed by atoms with E-state index in [4.69, 9.17) is 14.2 Å². The van der Waals surface area contributed by atoms with Crippen LogP contribution in [-0.2, 0) is 0 Å². The monoisotopic (exact) mass is 378 g/mol. The number of fused-ring (bicyclic) bond motifs is 1. The van der Waals surface area contributed by atoms with E-state index in [0.717, 1.165) is 28.6 Å². The summed E-state index contributed by atoms with van der Waals surface area (Å²) in [6.07, 6.45) is 0. The van der Waals surface area contributed by atoms with Gasteiger partial charge in [0.25, 0.3) is 5.91 Å². The number of aryl methyl sites for hydroxylation is 1. The quantitative estimate of drug-likeness (QED) is 0.742. The van der Waals surface area contributed by atoms with Crippen molar-refractivity contribution in [3.05, 3.63) is 65.5 Å². The lowest BCUT2D eigenvalue weighted by Gasteiger charge is -2.20. The Morgan fingerprint density at radius 3 is 2.57 bits per heavy atom. The van der Waals surface area contributed by atoms with E-state index >= 15 is 0 Å². The molecule has 6 heteroatoms. The van der Waals surface area contributed by atoms with E-state index in [0.29, 0.717) is 30.2 Å². The molecule has 1 aromatic heterocycles. The molecule has 0 bridgehead atoms. The molecule has 1 amide bonds. The molecule has 0 saturated heterocycles. The summed E-state index contributed by atoms with van der Waals surface area (Å²) in [5.74, 6) is 1.90. The third-order valence-corrected chi connectivity index (χ3v) is 4.81. The number of rotatable bonds is 4. The number of nitrogens with one attached hydrogen (secondary N) is 1. The molecule has 28 heavy (non-hydrogen) atoms. The average Bonchev–Trinajstić information content (AvgIpc) is 3.02. The van der Waals surface area contributed by atoms with Gasteiger partial charge in [0.05, 0.1) is 18.4 Å². The van der Waals surface area contributed by atoms with E-state index in [2.05, 4.69) is 5.32 Å². The maximum atomic E-state index is 12.9. The molecule has 0 aliphatic carbocycles. The summed E-state index contributed by atoms with van der Waals surface area (Å²) in [5, 5.41) is 2.94. The molecule has 144 valence electrons. The van der Waals surface area contributed by atoms with E-state index in [1.165, 1.54) is 0 Å². The molecule has 0 atom stereocenters. The van der Waals surface area contributed by atoms with Crippen molar-refractivity contribution in [1.82, 2.24) is 4.57 Å². The summed E-state index contributed by atoms with van der Waals surface area (Å²) in [6, 6.07) is 15.0. The van der Waals surface area contributed by atoms with Gasteiger partial charge in [0.2, 0.25) is 0 Å². The Hall–Kier alpha value is -3.41. The third kappa shape index (κ3) is 3.17. The highest BCUT2D eigenvalue weighted by molar-refractivity contribution is 6.06. The van der Waals surface area contributed by atoms with Crippen molar-refractivity contribution < 1.29 is 19.0 Å². The number of benzene rings is 2. The van der Waals surface area contributed by atoms with Crippen LogP contribution in [0, 0.1) is 13.8 Å². The molecule has 0 fully saturated rings. The second-order valence-electron chi connectivity index (χ2n) is 6.60. The maximum Gasteiger partial charge on any atom is 0.257 e. The summed E-state index contributed by atoms with van der Waals surface area (Å²) in [7, 11) is 1.58. The standard InChI is InChI=1S/C22H22N2O4/c1-14-12-17(22(25)23-18-6-4-5-7-19(18)26-3)15(2)24(14)16-8-9-20-21(13-16)28-11-10-27-20/h4-9,12-13H,10-11H2,1-3H3,(H,23,25). The number of carbonyl (C=O) groups excluding carboxylic acids is 1. The number of hydrogen-bond acceptors (Lipinski definition) is 4. The Balaban J connectivity index is 1.67. The highest BCUT2D eigenvalue weighted by Gasteiger charge is 2.19. The van der Waals surface area contributed by atoms with E-state index in [-0.39, 0.29) is 5.91 Å². The normalized spacial score (nSPS) is 12.5. The number of carbonyl (C=O) groups is 1. The van der Waals surface area contributed by atoms with Gasteiger partial charge in [0.1, 0.15) is 19.0 Å². The minimum atomic E-state index is -0.179. The molecule has 0 spiro atoms. The van der Waals surface area contributed by atoms with Crippen molar-refractivity contribution >= 4 is 11.6 Å². The number of hydrogen-bond donors (Lipinski definition) is 1. The fraction of sp³-hybridized carbons (Fsp3) is 0.227. The lowest BCUT2D eigenvalue weighted by Crippen LogP contribution is -2.16. The molecule has 1 N–H and O–H groups in total. The first-order valence-corrected chi connectivity index (χ1v) is 9.12. The first-order valence-electron chi connectivity index (χ1n) is 9.12. The molecular formula is C22H22N2O4. The van der Waals surface area contributed by atoms with E-state index in [1.54, 1.807) is 7.11 Å². The number of aromatic nitrogens is 1. The van der Waals surface area contributed by atoms with Crippen molar-refractivity contribution in [3.8, 4) is 22.9 Å². The molecule has 3 aromatic rings. The van der Waals surface area contributed by atoms with Crippen molar-refractivity contribution in [2.75, 3.05) is 25.6 Å². The molecule has 4 rings (SSSR count). The number of nitrogens with zero attached hydrogens (tertiary/aromatic N) is 1. The van der Waals surface area contributed by atoms with Crippen LogP contribution in [0.15, 0.2) is 48.5 Å². The van der Waals surface area contributed by atoms with Crippen LogP contribution in [0.25, 0.3) is 5.69 Å². The summed E-state index contributed by atoms with van der Waals surface area (Å²) in [6.45, 7) is 5.00. The van der Waals surface area contributed by atoms with Crippen LogP contribution in [0.2, 0.25) is 0 Å². The molecular weight excluding hydrogens is 356 g/mol. The lowest BCUT2D eigenvalue weighted by molar-refractivity contribution is 0.102. The fourth-order valence-electron chi connectivity index (χ4n) is 3.50. The van der Waals surface area contributed by atoms with Crippen LogP contribution >= 0.6 is 0 Å². The van der Waals surface area contributed by atoms with Gasteiger partial charge < -0.3 is 24.1 Å². The van der Waals surface area contributed by atoms with Crippen LogP contribution in [0.5, 0.6) is 17.2 Å². The Morgan fingerprint density at radius 2 is 1.79 bits per heavy atom. The summed E-state index contributed by atoms with van der Waals surface area (Å²) >= 11 is 0. The van der Waals surface area contributed by atoms with Gasteiger partial charge >= 0.3 is 0 Å². The van der Waals surface area contributed by atoms with Gasteiger partial charge in [-0.2, -0.15) is 0 Å². The van der Waals surface area contributed by atoms with E-state index < -0.39 is 0 Å². The fourth-order valence-corrected chi connectivity index (χ4v) is 3.50. The zero-order valence-corrected chi connectivity index (χ0v) is 16.1. The minimum absolute atomic E-state index is 0.179. The van der Waals surface area contributed by atoms with Gasteiger partial charge in [-0.3, -0.25) is 4.79 Å². The predicted molar refractivity (Wildman–Crippen MR) is 107 cm³/mol. The van der Waals surface area contributed by atoms with Crippen molar-refractivity contribution in [2.45, 2.75) is 13.8 Å². The zero-order chi connectivity index (χ0) is 19.7. The molecule has 2 aromatic carbocycles. The van der Waals surface area contributed by atoms with Crippen LogP contribution in [0.4, 0.5) is 5.69 Å². The lowest BCUT2D eigenvalue weighted by atomic mass is 10.2. The molecule has 1 aliphatic rings. The Kier molecular flexibility index (Phi) is 4.69. The second-order valence-corrected chi connectivity index (χ2v) is 6.60. The summed E-state index contributed by atoms with van der Waals surface area (Å²) in [4.78, 5) is 12.9. The van der Waals surface area contributed by atoms with E-state index in [1.807, 2.05) is 66.9 Å². The smallest absolute Gasteiger partial charge is 0.257 e. The molecule has 0 saturated carbocycles. The highest BCUT2D eigenvalue weighted by Crippen LogP contribution is 2.33. The molecule has 2 heterocycles. The number of methoxy groups -OCH3 is 1. The topological polar surface area (TPSA) is 61.7 Å². The van der Waals surface area contributed by atoms with Crippen molar-refractivity contribution in [3.63, 3.8) is 0 Å². The van der Waals surface area contributed by atoms with E-state index in [9.17, 15) is 4.79 Å². The van der Waals surface area contributed by atoms with Crippen LogP contribution in [-0.4, -0.2) is 30.8 Å². The SMILES string of the molecule is COc1ccccc1NC(=O)c1cc(C)n(-c2ccc3c(c2)OCCO3)c1C. The zero-order valence-electron chi connectivity index (χ0n) is 16.1. The summed E-state index contributed by atoms with van der Waals surface area (Å²) in [5.41, 5.74) is 3.98. The molecule has 1 aliphatic heterocycles. The Bertz CT molecular complexity index is 1040. The van der Waals surface area contributed by atoms with Gasteiger partial charge in [-0.15, -0.1) is 0 Å². The average molecular weight is 378 g/mol. The number of ether oxygens (including phenoxy) is 3. The Labute approximate surface area is 163 Å². The third-order valence-electron chi connectivity index (χ3n) is 4.81. The van der Waals surface area contributed by atoms with Crippen LogP contribution in [0.3, 0.4) is 0 Å². The van der Waals surface area contributed by atoms with Gasteiger partial charge in [-0.1, -0.05) is 12.1 Å². The minimum Gasteiger partial charge on any atom is -0.495 e.